The lowest BCUT2D eigenvalue weighted by atomic mass is 10.1. The molecule has 1 aromatic heterocycles. The van der Waals surface area contributed by atoms with E-state index in [-0.39, 0.29) is 37.7 Å². The van der Waals surface area contributed by atoms with Crippen LogP contribution in [-0.2, 0) is 24.4 Å². The highest BCUT2D eigenvalue weighted by molar-refractivity contribution is 6.33. The molecule has 2 N–H and O–H groups in total. The lowest BCUT2D eigenvalue weighted by molar-refractivity contribution is -0.0173. The maximum Gasteiger partial charge on any atom is 0.251 e. The highest BCUT2D eigenvalue weighted by atomic mass is 35.5. The molecule has 2 heterocycles. The number of carbonyl (C=O) groups excluding carboxylic acids is 1. The molecule has 0 spiro atoms. The van der Waals surface area contributed by atoms with E-state index in [1.165, 1.54) is 34.9 Å². The second kappa shape index (κ2) is 9.77. The van der Waals surface area contributed by atoms with Crippen LogP contribution in [0.2, 0.25) is 10.0 Å². The molecule has 0 fully saturated rings. The summed E-state index contributed by atoms with van der Waals surface area (Å²) in [5.74, 6) is -0.878. The number of nitrogens with one attached hydrogen (secondary N) is 1. The van der Waals surface area contributed by atoms with E-state index < -0.39 is 17.6 Å². The van der Waals surface area contributed by atoms with Crippen LogP contribution in [0, 0.1) is 10.7 Å². The second-order valence-corrected chi connectivity index (χ2v) is 9.01. The molecule has 5 rings (SSSR count). The monoisotopic (exact) mass is 529 g/mol. The molecule has 1 amide bonds. The fraction of sp³-hybridized carbons (Fsp3) is 0.160. The molecule has 0 atom stereocenters. The van der Waals surface area contributed by atoms with Gasteiger partial charge in [0, 0.05) is 38.7 Å². The Bertz CT molecular complexity index is 1520. The number of benzene rings is 3. The van der Waals surface area contributed by atoms with Gasteiger partial charge in [-0.25, -0.2) is 4.39 Å². The number of rotatable bonds is 6. The average Bonchev–Trinajstić information content (AvgIpc) is 3.13. The molecule has 3 aromatic carbocycles. The Morgan fingerprint density at radius 3 is 2.78 bits per heavy atom. The van der Waals surface area contributed by atoms with E-state index in [2.05, 4.69) is 10.5 Å². The van der Waals surface area contributed by atoms with E-state index in [0.29, 0.717) is 43.4 Å². The molecule has 0 aliphatic carbocycles. The van der Waals surface area contributed by atoms with E-state index in [1.54, 1.807) is 18.2 Å². The first-order chi connectivity index (χ1) is 17.4. The molecule has 1 aliphatic rings. The number of amides is 1. The number of ether oxygens (including phenoxy) is 2. The van der Waals surface area contributed by atoms with Crippen LogP contribution >= 0.6 is 23.2 Å². The quantitative estimate of drug-likeness (QED) is 0.296. The maximum atomic E-state index is 14.3. The van der Waals surface area contributed by atoms with E-state index in [9.17, 15) is 19.2 Å². The fourth-order valence-corrected chi connectivity index (χ4v) is 4.59. The number of hydrogen-bond donors (Lipinski definition) is 2. The summed E-state index contributed by atoms with van der Waals surface area (Å²) in [6, 6.07) is 12.1. The summed E-state index contributed by atoms with van der Waals surface area (Å²) in [5.41, 5.74) is 2.05. The first-order valence-electron chi connectivity index (χ1n) is 10.8. The van der Waals surface area contributed by atoms with E-state index in [0.717, 1.165) is 0 Å². The van der Waals surface area contributed by atoms with Crippen LogP contribution in [0.1, 0.15) is 27.0 Å². The Morgan fingerprint density at radius 2 is 1.97 bits per heavy atom. The Balaban J connectivity index is 1.50. The topological polar surface area (TPSA) is 102 Å². The SMILES string of the molecule is O=Nc1c(O)n(Cc2cc(F)cc3c2OCOC3)c2cc(C(=O)NCc3cc(Cl)ccc3Cl)ccc12. The number of nitroso groups, excluding NO2 is 1. The smallest absolute Gasteiger partial charge is 0.251 e. The summed E-state index contributed by atoms with van der Waals surface area (Å²) in [6.45, 7) is 0.284. The van der Waals surface area contributed by atoms with Crippen LogP contribution < -0.4 is 10.1 Å². The van der Waals surface area contributed by atoms with Crippen LogP contribution in [-0.4, -0.2) is 22.4 Å². The Hall–Kier alpha value is -3.66. The van der Waals surface area contributed by atoms with Crippen LogP contribution in [0.3, 0.4) is 0 Å². The minimum atomic E-state index is -0.498. The zero-order valence-corrected chi connectivity index (χ0v) is 20.1. The molecule has 11 heteroatoms. The summed E-state index contributed by atoms with van der Waals surface area (Å²) in [7, 11) is 0. The van der Waals surface area contributed by atoms with Gasteiger partial charge in [0.25, 0.3) is 5.91 Å². The first-order valence-corrected chi connectivity index (χ1v) is 11.5. The van der Waals surface area contributed by atoms with Crippen LogP contribution in [0.4, 0.5) is 10.1 Å². The third-order valence-corrected chi connectivity index (χ3v) is 6.50. The van der Waals surface area contributed by atoms with Crippen molar-refractivity contribution in [3.05, 3.63) is 91.6 Å². The van der Waals surface area contributed by atoms with Gasteiger partial charge in [-0.05, 0) is 59.3 Å². The fourth-order valence-electron chi connectivity index (χ4n) is 4.21. The zero-order chi connectivity index (χ0) is 25.4. The third-order valence-electron chi connectivity index (χ3n) is 5.89. The van der Waals surface area contributed by atoms with Crippen molar-refractivity contribution in [2.45, 2.75) is 19.7 Å². The van der Waals surface area contributed by atoms with Crippen molar-refractivity contribution >= 4 is 45.7 Å². The van der Waals surface area contributed by atoms with Crippen molar-refractivity contribution in [2.75, 3.05) is 6.79 Å². The minimum Gasteiger partial charge on any atom is -0.493 e. The second-order valence-electron chi connectivity index (χ2n) is 8.16. The molecule has 0 bridgehead atoms. The van der Waals surface area contributed by atoms with Gasteiger partial charge in [0.2, 0.25) is 5.88 Å². The molecule has 184 valence electrons. The van der Waals surface area contributed by atoms with E-state index >= 15 is 0 Å². The highest BCUT2D eigenvalue weighted by Crippen LogP contribution is 2.40. The van der Waals surface area contributed by atoms with Gasteiger partial charge >= 0.3 is 0 Å². The predicted octanol–water partition coefficient (Wildman–Crippen LogP) is 6.04. The third kappa shape index (κ3) is 4.48. The molecular weight excluding hydrogens is 512 g/mol. The molecule has 8 nitrogen and oxygen atoms in total. The van der Waals surface area contributed by atoms with E-state index in [1.807, 2.05) is 0 Å². The standard InChI is InChI=1S/C25H18Cl2FN3O5/c26-17-2-4-20(27)14(5-17)9-29-24(32)13-1-3-19-21(8-13)31(25(33)22(19)30-34)10-15-6-18(28)7-16-11-35-12-36-23(15)16/h1-8,33H,9-12H2,(H,29,32). The van der Waals surface area contributed by atoms with Crippen LogP contribution in [0.25, 0.3) is 10.9 Å². The van der Waals surface area contributed by atoms with Crippen molar-refractivity contribution in [1.82, 2.24) is 9.88 Å². The van der Waals surface area contributed by atoms with Crippen LogP contribution in [0.15, 0.2) is 53.7 Å². The van der Waals surface area contributed by atoms with Gasteiger partial charge in [0.05, 0.1) is 18.7 Å². The number of fused-ring (bicyclic) bond motifs is 2. The van der Waals surface area contributed by atoms with Gasteiger partial charge < -0.3 is 24.5 Å². The Kier molecular flexibility index (Phi) is 6.53. The lowest BCUT2D eigenvalue weighted by Gasteiger charge is -2.21. The van der Waals surface area contributed by atoms with Crippen molar-refractivity contribution in [3.63, 3.8) is 0 Å². The van der Waals surface area contributed by atoms with Crippen LogP contribution in [0.5, 0.6) is 11.6 Å². The van der Waals surface area contributed by atoms with Gasteiger partial charge in [-0.1, -0.05) is 23.2 Å². The molecule has 0 unspecified atom stereocenters. The number of nitrogens with zero attached hydrogens (tertiary/aromatic N) is 2. The average molecular weight is 530 g/mol. The number of halogens is 3. The van der Waals surface area contributed by atoms with Gasteiger partial charge in [-0.2, -0.15) is 0 Å². The van der Waals surface area contributed by atoms with Crippen molar-refractivity contribution in [1.29, 1.82) is 0 Å². The van der Waals surface area contributed by atoms with Gasteiger partial charge in [0.1, 0.15) is 11.6 Å². The summed E-state index contributed by atoms with van der Waals surface area (Å²) in [6.07, 6.45) is 0. The largest absolute Gasteiger partial charge is 0.493 e. The van der Waals surface area contributed by atoms with Crippen molar-refractivity contribution < 1.29 is 23.8 Å². The summed E-state index contributed by atoms with van der Waals surface area (Å²) < 4.78 is 26.4. The summed E-state index contributed by atoms with van der Waals surface area (Å²) in [4.78, 5) is 24.4. The lowest BCUT2D eigenvalue weighted by Crippen LogP contribution is -2.23. The number of aromatic hydroxyl groups is 1. The molecule has 1 aliphatic heterocycles. The van der Waals surface area contributed by atoms with E-state index in [4.69, 9.17) is 32.7 Å². The van der Waals surface area contributed by atoms with Crippen molar-refractivity contribution in [2.24, 2.45) is 5.18 Å². The molecular formula is C25H18Cl2FN3O5. The zero-order valence-electron chi connectivity index (χ0n) is 18.6. The number of carbonyl (C=O) groups is 1. The number of hydrogen-bond acceptors (Lipinski definition) is 6. The normalized spacial score (nSPS) is 12.8. The number of aromatic nitrogens is 1. The van der Waals surface area contributed by atoms with Crippen molar-refractivity contribution in [3.8, 4) is 11.6 Å². The molecule has 36 heavy (non-hydrogen) atoms. The first kappa shape index (κ1) is 24.1. The Morgan fingerprint density at radius 1 is 1.14 bits per heavy atom. The predicted molar refractivity (Wildman–Crippen MR) is 132 cm³/mol. The molecule has 0 radical (unpaired) electrons. The summed E-state index contributed by atoms with van der Waals surface area (Å²) in [5, 5.41) is 17.8. The molecule has 0 saturated carbocycles. The van der Waals surface area contributed by atoms with Gasteiger partial charge in [0.15, 0.2) is 12.5 Å². The van der Waals surface area contributed by atoms with Gasteiger partial charge in [-0.15, -0.1) is 4.91 Å². The maximum absolute atomic E-state index is 14.3. The van der Waals surface area contributed by atoms with Gasteiger partial charge in [-0.3, -0.25) is 4.79 Å². The minimum absolute atomic E-state index is 0.00610. The Labute approximate surface area is 214 Å². The molecule has 4 aromatic rings. The summed E-state index contributed by atoms with van der Waals surface area (Å²) >= 11 is 12.2. The molecule has 0 saturated heterocycles. The highest BCUT2D eigenvalue weighted by Gasteiger charge is 2.23.